The molecule has 0 aliphatic carbocycles. The molecule has 4 nitrogen and oxygen atoms in total. The molecule has 1 aromatic rings. The fourth-order valence-corrected chi connectivity index (χ4v) is 1.44. The smallest absolute Gasteiger partial charge is 0.352 e. The van der Waals surface area contributed by atoms with Crippen LogP contribution in [0.5, 0.6) is 0 Å². The summed E-state index contributed by atoms with van der Waals surface area (Å²) >= 11 is 5.71. The number of nitrogens with zero attached hydrogens (tertiary/aromatic N) is 1. The SMILES string of the molecule is COCCCn1cc(Cl)cc1C(=O)O. The molecule has 0 amide bonds. The van der Waals surface area contributed by atoms with Crippen LogP contribution in [0.4, 0.5) is 0 Å². The first-order valence-corrected chi connectivity index (χ1v) is 4.61. The van der Waals surface area contributed by atoms with Gasteiger partial charge in [0.15, 0.2) is 0 Å². The van der Waals surface area contributed by atoms with Crippen molar-refractivity contribution in [3.63, 3.8) is 0 Å². The van der Waals surface area contributed by atoms with E-state index < -0.39 is 5.97 Å². The Morgan fingerprint density at radius 3 is 3.00 bits per heavy atom. The van der Waals surface area contributed by atoms with E-state index in [1.807, 2.05) is 0 Å². The fourth-order valence-electron chi connectivity index (χ4n) is 1.22. The molecule has 0 fully saturated rings. The molecule has 0 atom stereocenters. The Balaban J connectivity index is 2.69. The highest BCUT2D eigenvalue weighted by Crippen LogP contribution is 2.14. The number of aromatic carboxylic acids is 1. The number of aromatic nitrogens is 1. The average molecular weight is 218 g/mol. The molecule has 0 aromatic carbocycles. The van der Waals surface area contributed by atoms with Crippen LogP contribution in [-0.4, -0.2) is 29.4 Å². The molecule has 0 saturated carbocycles. The van der Waals surface area contributed by atoms with Gasteiger partial charge in [0.2, 0.25) is 0 Å². The highest BCUT2D eigenvalue weighted by Gasteiger charge is 2.10. The molecule has 5 heteroatoms. The molecule has 1 N–H and O–H groups in total. The Labute approximate surface area is 87.0 Å². The largest absolute Gasteiger partial charge is 0.477 e. The first-order valence-electron chi connectivity index (χ1n) is 4.23. The first-order chi connectivity index (χ1) is 6.65. The van der Waals surface area contributed by atoms with Crippen LogP contribution < -0.4 is 0 Å². The summed E-state index contributed by atoms with van der Waals surface area (Å²) < 4.78 is 6.49. The fraction of sp³-hybridized carbons (Fsp3) is 0.444. The number of hydrogen-bond donors (Lipinski definition) is 1. The first kappa shape index (κ1) is 11.1. The molecule has 0 spiro atoms. The summed E-state index contributed by atoms with van der Waals surface area (Å²) in [4.78, 5) is 10.8. The van der Waals surface area contributed by atoms with E-state index in [0.29, 0.717) is 18.2 Å². The predicted octanol–water partition coefficient (Wildman–Crippen LogP) is 1.88. The van der Waals surface area contributed by atoms with Gasteiger partial charge >= 0.3 is 5.97 Å². The molecule has 0 aliphatic rings. The summed E-state index contributed by atoms with van der Waals surface area (Å²) in [5.74, 6) is -0.964. The van der Waals surface area contributed by atoms with E-state index in [0.717, 1.165) is 6.42 Å². The zero-order valence-corrected chi connectivity index (χ0v) is 8.62. The van der Waals surface area contributed by atoms with Gasteiger partial charge in [0, 0.05) is 26.5 Å². The Morgan fingerprint density at radius 2 is 2.43 bits per heavy atom. The van der Waals surface area contributed by atoms with Crippen molar-refractivity contribution in [1.29, 1.82) is 0 Å². The van der Waals surface area contributed by atoms with Gasteiger partial charge in [0.1, 0.15) is 5.69 Å². The second kappa shape index (κ2) is 5.02. The molecular formula is C9H12ClNO3. The van der Waals surface area contributed by atoms with Crippen molar-refractivity contribution in [3.05, 3.63) is 23.0 Å². The standard InChI is InChI=1S/C9H12ClNO3/c1-14-4-2-3-11-6-7(10)5-8(11)9(12)13/h5-6H,2-4H2,1H3,(H,12,13). The summed E-state index contributed by atoms with van der Waals surface area (Å²) in [5.41, 5.74) is 0.214. The van der Waals surface area contributed by atoms with Gasteiger partial charge in [-0.1, -0.05) is 11.6 Å². The maximum Gasteiger partial charge on any atom is 0.352 e. The number of carbonyl (C=O) groups is 1. The molecule has 1 rings (SSSR count). The predicted molar refractivity (Wildman–Crippen MR) is 52.9 cm³/mol. The van der Waals surface area contributed by atoms with Gasteiger partial charge < -0.3 is 14.4 Å². The Bertz CT molecular complexity index is 322. The maximum absolute atomic E-state index is 10.8. The highest BCUT2D eigenvalue weighted by molar-refractivity contribution is 6.30. The van der Waals surface area contributed by atoms with Crippen LogP contribution in [0.1, 0.15) is 16.9 Å². The van der Waals surface area contributed by atoms with Crippen LogP contribution in [-0.2, 0) is 11.3 Å². The Morgan fingerprint density at radius 1 is 1.71 bits per heavy atom. The molecule has 1 aromatic heterocycles. The number of rotatable bonds is 5. The van der Waals surface area contributed by atoms with Crippen molar-refractivity contribution in [2.24, 2.45) is 0 Å². The van der Waals surface area contributed by atoms with E-state index in [1.54, 1.807) is 17.9 Å². The third kappa shape index (κ3) is 2.75. The quantitative estimate of drug-likeness (QED) is 0.767. The summed E-state index contributed by atoms with van der Waals surface area (Å²) in [6, 6.07) is 1.44. The van der Waals surface area contributed by atoms with Gasteiger partial charge in [0.25, 0.3) is 0 Å². The highest BCUT2D eigenvalue weighted by atomic mass is 35.5. The van der Waals surface area contributed by atoms with Gasteiger partial charge in [-0.3, -0.25) is 0 Å². The normalized spacial score (nSPS) is 10.4. The Hall–Kier alpha value is -1.00. The van der Waals surface area contributed by atoms with Gasteiger partial charge in [0.05, 0.1) is 5.02 Å². The maximum atomic E-state index is 10.8. The summed E-state index contributed by atoms with van der Waals surface area (Å²) in [6.07, 6.45) is 2.38. The van der Waals surface area contributed by atoms with E-state index >= 15 is 0 Å². The molecule has 0 saturated heterocycles. The topological polar surface area (TPSA) is 51.5 Å². The number of carboxylic acid groups (broad SMARTS) is 1. The lowest BCUT2D eigenvalue weighted by Crippen LogP contribution is -2.08. The molecule has 0 bridgehead atoms. The number of hydrogen-bond acceptors (Lipinski definition) is 2. The second-order valence-corrected chi connectivity index (χ2v) is 3.32. The average Bonchev–Trinajstić information content (AvgIpc) is 2.47. The van der Waals surface area contributed by atoms with Crippen molar-refractivity contribution in [2.45, 2.75) is 13.0 Å². The summed E-state index contributed by atoms with van der Waals surface area (Å²) in [7, 11) is 1.61. The zero-order chi connectivity index (χ0) is 10.6. The van der Waals surface area contributed by atoms with E-state index in [2.05, 4.69) is 0 Å². The van der Waals surface area contributed by atoms with Crippen molar-refractivity contribution in [1.82, 2.24) is 4.57 Å². The van der Waals surface area contributed by atoms with Crippen molar-refractivity contribution in [2.75, 3.05) is 13.7 Å². The van der Waals surface area contributed by atoms with Crippen LogP contribution in [0, 0.1) is 0 Å². The zero-order valence-electron chi connectivity index (χ0n) is 7.86. The van der Waals surface area contributed by atoms with Crippen LogP contribution in [0.25, 0.3) is 0 Å². The van der Waals surface area contributed by atoms with Crippen LogP contribution in [0.2, 0.25) is 5.02 Å². The van der Waals surface area contributed by atoms with Gasteiger partial charge in [-0.25, -0.2) is 4.79 Å². The monoisotopic (exact) mass is 217 g/mol. The Kier molecular flexibility index (Phi) is 3.98. The molecule has 0 aliphatic heterocycles. The van der Waals surface area contributed by atoms with E-state index in [9.17, 15) is 4.79 Å². The minimum Gasteiger partial charge on any atom is -0.477 e. The van der Waals surface area contributed by atoms with Gasteiger partial charge in [-0.15, -0.1) is 0 Å². The summed E-state index contributed by atoms with van der Waals surface area (Å²) in [6.45, 7) is 1.21. The van der Waals surface area contributed by atoms with Crippen LogP contribution in [0.15, 0.2) is 12.3 Å². The molecule has 0 radical (unpaired) electrons. The van der Waals surface area contributed by atoms with Gasteiger partial charge in [-0.05, 0) is 12.5 Å². The van der Waals surface area contributed by atoms with Crippen molar-refractivity contribution < 1.29 is 14.6 Å². The van der Waals surface area contributed by atoms with E-state index in [4.69, 9.17) is 21.4 Å². The number of methoxy groups -OCH3 is 1. The molecule has 0 unspecified atom stereocenters. The minimum absolute atomic E-state index is 0.214. The summed E-state index contributed by atoms with van der Waals surface area (Å²) in [5, 5.41) is 9.27. The lowest BCUT2D eigenvalue weighted by atomic mass is 10.4. The molecule has 1 heterocycles. The number of halogens is 1. The molecule has 78 valence electrons. The molecular weight excluding hydrogens is 206 g/mol. The lowest BCUT2D eigenvalue weighted by molar-refractivity contribution is 0.0684. The third-order valence-electron chi connectivity index (χ3n) is 1.83. The number of ether oxygens (including phenoxy) is 1. The molecule has 14 heavy (non-hydrogen) atoms. The van der Waals surface area contributed by atoms with Crippen molar-refractivity contribution >= 4 is 17.6 Å². The van der Waals surface area contributed by atoms with Crippen LogP contribution in [0.3, 0.4) is 0 Å². The number of aryl methyl sites for hydroxylation is 1. The lowest BCUT2D eigenvalue weighted by Gasteiger charge is -2.04. The van der Waals surface area contributed by atoms with E-state index in [-0.39, 0.29) is 5.69 Å². The second-order valence-electron chi connectivity index (χ2n) is 2.89. The third-order valence-corrected chi connectivity index (χ3v) is 2.04. The van der Waals surface area contributed by atoms with Gasteiger partial charge in [-0.2, -0.15) is 0 Å². The van der Waals surface area contributed by atoms with Crippen LogP contribution >= 0.6 is 11.6 Å². The minimum atomic E-state index is -0.964. The van der Waals surface area contributed by atoms with E-state index in [1.165, 1.54) is 6.07 Å². The number of carboxylic acids is 1. The van der Waals surface area contributed by atoms with Crippen molar-refractivity contribution in [3.8, 4) is 0 Å².